The third-order valence-electron chi connectivity index (χ3n) is 4.70. The van der Waals surface area contributed by atoms with Crippen molar-refractivity contribution in [1.29, 1.82) is 0 Å². The zero-order valence-corrected chi connectivity index (χ0v) is 15.2. The van der Waals surface area contributed by atoms with Crippen molar-refractivity contribution in [3.63, 3.8) is 0 Å². The molecular weight excluding hydrogens is 364 g/mol. The number of rotatable bonds is 3. The van der Waals surface area contributed by atoms with Crippen LogP contribution in [-0.2, 0) is 4.79 Å². The highest BCUT2D eigenvalue weighted by molar-refractivity contribution is 7.22. The molecule has 0 spiro atoms. The lowest BCUT2D eigenvalue weighted by atomic mass is 10.0. The Labute approximate surface area is 159 Å². The van der Waals surface area contributed by atoms with Crippen LogP contribution in [0, 0.1) is 0 Å². The Morgan fingerprint density at radius 3 is 2.70 bits per heavy atom. The fraction of sp³-hybridized carbons (Fsp3) is 0.263. The summed E-state index contributed by atoms with van der Waals surface area (Å²) in [4.78, 5) is 17.1. The van der Waals surface area contributed by atoms with Crippen molar-refractivity contribution < 1.29 is 14.3 Å². The summed E-state index contributed by atoms with van der Waals surface area (Å²) in [5, 5.41) is 3.49. The molecule has 5 rings (SSSR count). The molecule has 2 aromatic carbocycles. The van der Waals surface area contributed by atoms with Gasteiger partial charge >= 0.3 is 0 Å². The summed E-state index contributed by atoms with van der Waals surface area (Å²) >= 11 is 1.43. The fourth-order valence-electron chi connectivity index (χ4n) is 3.34. The van der Waals surface area contributed by atoms with Gasteiger partial charge in [-0.15, -0.1) is 0 Å². The third kappa shape index (κ3) is 3.23. The van der Waals surface area contributed by atoms with Crippen LogP contribution in [0.1, 0.15) is 18.0 Å². The van der Waals surface area contributed by atoms with Crippen molar-refractivity contribution in [2.45, 2.75) is 18.5 Å². The molecule has 1 saturated heterocycles. The fourth-order valence-corrected chi connectivity index (χ4v) is 4.22. The maximum Gasteiger partial charge on any atom is 0.244 e. The van der Waals surface area contributed by atoms with E-state index in [1.54, 1.807) is 0 Å². The van der Waals surface area contributed by atoms with Crippen LogP contribution in [0.25, 0.3) is 10.2 Å². The van der Waals surface area contributed by atoms with Gasteiger partial charge in [-0.05, 0) is 12.0 Å². The molecule has 2 aliphatic rings. The van der Waals surface area contributed by atoms with Crippen LogP contribution in [0.2, 0.25) is 0 Å². The van der Waals surface area contributed by atoms with Crippen LogP contribution in [0.5, 0.6) is 11.5 Å². The highest BCUT2D eigenvalue weighted by Crippen LogP contribution is 2.38. The molecular formula is C19H18N4O3S. The molecule has 3 heterocycles. The second-order valence-electron chi connectivity index (χ2n) is 6.51. The number of carbonyl (C=O) groups is 1. The minimum atomic E-state index is -0.318. The number of carbonyl (C=O) groups excluding carboxylic acids is 1. The predicted molar refractivity (Wildman–Crippen MR) is 103 cm³/mol. The topological polar surface area (TPSA) is 84.5 Å². The summed E-state index contributed by atoms with van der Waals surface area (Å²) in [5.74, 6) is 1.32. The summed E-state index contributed by atoms with van der Waals surface area (Å²) < 4.78 is 12.1. The first-order valence-corrected chi connectivity index (χ1v) is 9.65. The van der Waals surface area contributed by atoms with Gasteiger partial charge in [-0.1, -0.05) is 41.7 Å². The van der Waals surface area contributed by atoms with Crippen molar-refractivity contribution in [1.82, 2.24) is 15.8 Å². The quantitative estimate of drug-likeness (QED) is 0.646. The van der Waals surface area contributed by atoms with E-state index in [2.05, 4.69) is 33.3 Å². The minimum absolute atomic E-state index is 0.0998. The Morgan fingerprint density at radius 1 is 1.11 bits per heavy atom. The number of hydrogen-bond donors (Lipinski definition) is 3. The Kier molecular flexibility index (Phi) is 4.16. The standard InChI is InChI=1S/C19H18N4O3S/c24-18(14-8-12(22-23-14)11-4-2-1-3-5-11)21-19-20-13-9-15-16(10-17(13)27-19)26-7-6-25-15/h1-5,9-10,12,14,22-23H,6-8H2,(H,20,21,24). The molecule has 1 aromatic heterocycles. The summed E-state index contributed by atoms with van der Waals surface area (Å²) in [7, 11) is 0. The van der Waals surface area contributed by atoms with E-state index in [0.29, 0.717) is 30.5 Å². The SMILES string of the molecule is O=C(Nc1nc2cc3c(cc2s1)OCCO3)C1CC(c2ccccc2)NN1. The van der Waals surface area contributed by atoms with Gasteiger partial charge in [0.25, 0.3) is 0 Å². The molecule has 2 aliphatic heterocycles. The molecule has 2 unspecified atom stereocenters. The van der Waals surface area contributed by atoms with E-state index in [1.165, 1.54) is 11.3 Å². The zero-order valence-electron chi connectivity index (χ0n) is 14.4. The van der Waals surface area contributed by atoms with Crippen LogP contribution < -0.4 is 25.6 Å². The van der Waals surface area contributed by atoms with Gasteiger partial charge in [0.1, 0.15) is 19.3 Å². The molecule has 3 N–H and O–H groups in total. The summed E-state index contributed by atoms with van der Waals surface area (Å²) in [6.45, 7) is 1.08. The summed E-state index contributed by atoms with van der Waals surface area (Å²) in [5.41, 5.74) is 8.22. The molecule has 1 fully saturated rings. The lowest BCUT2D eigenvalue weighted by molar-refractivity contribution is -0.117. The molecule has 0 bridgehead atoms. The molecule has 2 atom stereocenters. The Morgan fingerprint density at radius 2 is 1.89 bits per heavy atom. The van der Waals surface area contributed by atoms with Crippen molar-refractivity contribution in [3.05, 3.63) is 48.0 Å². The monoisotopic (exact) mass is 382 g/mol. The molecule has 0 radical (unpaired) electrons. The van der Waals surface area contributed by atoms with Gasteiger partial charge in [-0.2, -0.15) is 0 Å². The van der Waals surface area contributed by atoms with Crippen molar-refractivity contribution >= 4 is 32.6 Å². The van der Waals surface area contributed by atoms with Gasteiger partial charge in [0.2, 0.25) is 5.91 Å². The van der Waals surface area contributed by atoms with Crippen LogP contribution >= 0.6 is 11.3 Å². The van der Waals surface area contributed by atoms with Crippen molar-refractivity contribution in [2.75, 3.05) is 18.5 Å². The summed E-state index contributed by atoms with van der Waals surface area (Å²) in [6.07, 6.45) is 0.677. The van der Waals surface area contributed by atoms with Crippen LogP contribution in [0.15, 0.2) is 42.5 Å². The average Bonchev–Trinajstić information content (AvgIpc) is 3.33. The second kappa shape index (κ2) is 6.80. The number of hydrazine groups is 1. The number of benzene rings is 2. The van der Waals surface area contributed by atoms with Crippen LogP contribution in [-0.4, -0.2) is 30.1 Å². The minimum Gasteiger partial charge on any atom is -0.486 e. The van der Waals surface area contributed by atoms with E-state index >= 15 is 0 Å². The molecule has 0 aliphatic carbocycles. The summed E-state index contributed by atoms with van der Waals surface area (Å²) in [6, 6.07) is 13.7. The number of ether oxygens (including phenoxy) is 2. The Hall–Kier alpha value is -2.68. The maximum atomic E-state index is 12.6. The molecule has 0 saturated carbocycles. The number of nitrogens with one attached hydrogen (secondary N) is 3. The van der Waals surface area contributed by atoms with Crippen molar-refractivity contribution in [2.24, 2.45) is 0 Å². The van der Waals surface area contributed by atoms with E-state index in [1.807, 2.05) is 30.3 Å². The molecule has 138 valence electrons. The zero-order chi connectivity index (χ0) is 18.2. The maximum absolute atomic E-state index is 12.6. The molecule has 7 nitrogen and oxygen atoms in total. The third-order valence-corrected chi connectivity index (χ3v) is 5.64. The highest BCUT2D eigenvalue weighted by Gasteiger charge is 2.30. The second-order valence-corrected chi connectivity index (χ2v) is 7.54. The number of fused-ring (bicyclic) bond motifs is 2. The number of hydrogen-bond acceptors (Lipinski definition) is 7. The number of anilines is 1. The number of thiazole rings is 1. The van der Waals surface area contributed by atoms with Gasteiger partial charge in [0.15, 0.2) is 16.6 Å². The van der Waals surface area contributed by atoms with Gasteiger partial charge in [-0.3, -0.25) is 4.79 Å². The predicted octanol–water partition coefficient (Wildman–Crippen LogP) is 2.61. The number of aromatic nitrogens is 1. The van der Waals surface area contributed by atoms with E-state index in [-0.39, 0.29) is 18.0 Å². The smallest absolute Gasteiger partial charge is 0.244 e. The number of amides is 1. The van der Waals surface area contributed by atoms with Crippen molar-refractivity contribution in [3.8, 4) is 11.5 Å². The largest absolute Gasteiger partial charge is 0.486 e. The number of nitrogens with zero attached hydrogens (tertiary/aromatic N) is 1. The Bertz CT molecular complexity index is 948. The molecule has 1 amide bonds. The van der Waals surface area contributed by atoms with Gasteiger partial charge in [0.05, 0.1) is 10.2 Å². The lowest BCUT2D eigenvalue weighted by Crippen LogP contribution is -2.39. The molecule has 8 heteroatoms. The van der Waals surface area contributed by atoms with Gasteiger partial charge in [-0.25, -0.2) is 15.8 Å². The molecule has 3 aromatic rings. The first kappa shape index (κ1) is 16.5. The van der Waals surface area contributed by atoms with Gasteiger partial charge in [0, 0.05) is 18.2 Å². The normalized spacial score (nSPS) is 21.3. The van der Waals surface area contributed by atoms with E-state index in [0.717, 1.165) is 21.5 Å². The van der Waals surface area contributed by atoms with Crippen LogP contribution in [0.4, 0.5) is 5.13 Å². The lowest BCUT2D eigenvalue weighted by Gasteiger charge is -2.17. The first-order chi connectivity index (χ1) is 13.3. The average molecular weight is 382 g/mol. The van der Waals surface area contributed by atoms with Crippen LogP contribution in [0.3, 0.4) is 0 Å². The highest BCUT2D eigenvalue weighted by atomic mass is 32.1. The molecule has 27 heavy (non-hydrogen) atoms. The van der Waals surface area contributed by atoms with E-state index < -0.39 is 0 Å². The van der Waals surface area contributed by atoms with E-state index in [9.17, 15) is 4.79 Å². The first-order valence-electron chi connectivity index (χ1n) is 8.83. The Balaban J connectivity index is 1.29. The van der Waals surface area contributed by atoms with Gasteiger partial charge < -0.3 is 14.8 Å². The van der Waals surface area contributed by atoms with E-state index in [4.69, 9.17) is 9.47 Å².